The minimum atomic E-state index is -0.910. The van der Waals surface area contributed by atoms with Crippen LogP contribution in [0.5, 0.6) is 0 Å². The average molecular weight is 264 g/mol. The average Bonchev–Trinajstić information content (AvgIpc) is 2.40. The third-order valence-corrected chi connectivity index (χ3v) is 4.17. The van der Waals surface area contributed by atoms with Crippen molar-refractivity contribution >= 4 is 11.8 Å². The largest absolute Gasteiger partial charge is 0.396 e. The predicted octanol–water partition coefficient (Wildman–Crippen LogP) is 2.26. The zero-order chi connectivity index (χ0) is 13.4. The van der Waals surface area contributed by atoms with E-state index in [9.17, 15) is 5.26 Å². The fraction of sp³-hybridized carbons (Fsp3) is 0.500. The highest BCUT2D eigenvalue weighted by atomic mass is 32.2. The number of hydrogen-bond donors (Lipinski definition) is 2. The monoisotopic (exact) mass is 264 g/mol. The minimum Gasteiger partial charge on any atom is -0.396 e. The molecule has 0 bridgehead atoms. The lowest BCUT2D eigenvalue weighted by atomic mass is 9.90. The van der Waals surface area contributed by atoms with Gasteiger partial charge in [-0.2, -0.15) is 17.0 Å². The maximum Gasteiger partial charge on any atom is 0.130 e. The van der Waals surface area contributed by atoms with E-state index in [4.69, 9.17) is 10.8 Å². The lowest BCUT2D eigenvalue weighted by Gasteiger charge is -2.22. The molecule has 0 heterocycles. The van der Waals surface area contributed by atoms with Crippen molar-refractivity contribution in [3.8, 4) is 6.07 Å². The molecule has 1 rings (SSSR count). The van der Waals surface area contributed by atoms with Crippen LogP contribution < -0.4 is 5.73 Å². The van der Waals surface area contributed by atoms with Crippen molar-refractivity contribution in [3.63, 3.8) is 0 Å². The highest BCUT2D eigenvalue weighted by Crippen LogP contribution is 2.25. The minimum absolute atomic E-state index is 0.207. The van der Waals surface area contributed by atoms with E-state index in [1.807, 2.05) is 30.3 Å². The quantitative estimate of drug-likeness (QED) is 0.792. The molecule has 0 aliphatic heterocycles. The lowest BCUT2D eigenvalue weighted by molar-refractivity contribution is 0.289. The maximum atomic E-state index is 9.28. The summed E-state index contributed by atoms with van der Waals surface area (Å²) < 4.78 is 0. The first-order valence-electron chi connectivity index (χ1n) is 6.10. The van der Waals surface area contributed by atoms with Crippen LogP contribution in [-0.4, -0.2) is 22.7 Å². The van der Waals surface area contributed by atoms with Crippen molar-refractivity contribution in [2.45, 2.75) is 30.6 Å². The molecule has 0 fully saturated rings. The molecule has 0 aromatic heterocycles. The molecule has 1 aromatic rings. The summed E-state index contributed by atoms with van der Waals surface area (Å²) in [7, 11) is 0. The number of aliphatic hydroxyl groups is 1. The Balaban J connectivity index is 2.55. The van der Waals surface area contributed by atoms with Crippen molar-refractivity contribution < 1.29 is 5.11 Å². The Labute approximate surface area is 113 Å². The van der Waals surface area contributed by atoms with Crippen LogP contribution in [0.1, 0.15) is 25.3 Å². The lowest BCUT2D eigenvalue weighted by Crippen LogP contribution is -2.35. The first kappa shape index (κ1) is 15.0. The van der Waals surface area contributed by atoms with Crippen molar-refractivity contribution in [1.29, 1.82) is 5.26 Å². The number of rotatable bonds is 7. The van der Waals surface area contributed by atoms with Crippen molar-refractivity contribution in [1.82, 2.24) is 0 Å². The van der Waals surface area contributed by atoms with E-state index in [0.29, 0.717) is 11.7 Å². The van der Waals surface area contributed by atoms with Gasteiger partial charge in [0, 0.05) is 11.9 Å². The second-order valence-corrected chi connectivity index (χ2v) is 5.94. The van der Waals surface area contributed by atoms with Crippen LogP contribution in [0.4, 0.5) is 0 Å². The van der Waals surface area contributed by atoms with Gasteiger partial charge in [0.1, 0.15) is 5.54 Å². The van der Waals surface area contributed by atoms with Gasteiger partial charge in [0.05, 0.1) is 6.07 Å². The van der Waals surface area contributed by atoms with E-state index in [2.05, 4.69) is 13.0 Å². The first-order valence-corrected chi connectivity index (χ1v) is 7.15. The van der Waals surface area contributed by atoms with Gasteiger partial charge >= 0.3 is 0 Å². The molecule has 0 amide bonds. The molecule has 3 N–H and O–H groups in total. The number of benzene rings is 1. The molecule has 3 nitrogen and oxygen atoms in total. The Morgan fingerprint density at radius 3 is 2.67 bits per heavy atom. The molecule has 1 aromatic carbocycles. The van der Waals surface area contributed by atoms with Gasteiger partial charge in [-0.3, -0.25) is 0 Å². The van der Waals surface area contributed by atoms with Crippen LogP contribution in [0, 0.1) is 11.3 Å². The summed E-state index contributed by atoms with van der Waals surface area (Å²) in [5.41, 5.74) is 6.11. The van der Waals surface area contributed by atoms with E-state index < -0.39 is 5.54 Å². The molecule has 98 valence electrons. The molecule has 0 aliphatic rings. The van der Waals surface area contributed by atoms with E-state index in [0.717, 1.165) is 17.7 Å². The topological polar surface area (TPSA) is 70.0 Å². The number of nitrogens with two attached hydrogens (primary N) is 1. The summed E-state index contributed by atoms with van der Waals surface area (Å²) in [6, 6.07) is 11.7. The van der Waals surface area contributed by atoms with E-state index in [1.54, 1.807) is 11.8 Å². The van der Waals surface area contributed by atoms with Gasteiger partial charge in [-0.25, -0.2) is 0 Å². The number of hydrogen-bond acceptors (Lipinski definition) is 4. The fourth-order valence-electron chi connectivity index (χ4n) is 1.69. The summed E-state index contributed by atoms with van der Waals surface area (Å²) in [6.45, 7) is 2.28. The summed E-state index contributed by atoms with van der Waals surface area (Å²) in [5, 5.41) is 18.5. The zero-order valence-electron chi connectivity index (χ0n) is 10.7. The summed E-state index contributed by atoms with van der Waals surface area (Å²) in [6.07, 6.45) is 1.40. The summed E-state index contributed by atoms with van der Waals surface area (Å²) >= 11 is 1.75. The van der Waals surface area contributed by atoms with E-state index in [-0.39, 0.29) is 6.61 Å². The van der Waals surface area contributed by atoms with Gasteiger partial charge in [-0.05, 0) is 24.2 Å². The van der Waals surface area contributed by atoms with Gasteiger partial charge in [0.15, 0.2) is 0 Å². The second kappa shape index (κ2) is 7.42. The molecule has 0 saturated heterocycles. The summed E-state index contributed by atoms with van der Waals surface area (Å²) in [5.74, 6) is 0.820. The highest BCUT2D eigenvalue weighted by molar-refractivity contribution is 7.99. The Kier molecular flexibility index (Phi) is 6.20. The van der Waals surface area contributed by atoms with Gasteiger partial charge < -0.3 is 10.8 Å². The van der Waals surface area contributed by atoms with Crippen molar-refractivity contribution in [3.05, 3.63) is 35.9 Å². The van der Waals surface area contributed by atoms with Gasteiger partial charge in [0.2, 0.25) is 0 Å². The second-order valence-electron chi connectivity index (χ2n) is 4.39. The van der Waals surface area contributed by atoms with E-state index >= 15 is 0 Å². The smallest absolute Gasteiger partial charge is 0.130 e. The Hall–Kier alpha value is -1.02. The molecular formula is C14H20N2OS. The fourth-order valence-corrected chi connectivity index (χ4v) is 2.80. The van der Waals surface area contributed by atoms with Gasteiger partial charge in [-0.1, -0.05) is 37.3 Å². The number of thioether (sulfide) groups is 1. The highest BCUT2D eigenvalue weighted by Gasteiger charge is 2.26. The van der Waals surface area contributed by atoms with Gasteiger partial charge in [0.25, 0.3) is 0 Å². The third kappa shape index (κ3) is 4.34. The van der Waals surface area contributed by atoms with E-state index in [1.165, 1.54) is 0 Å². The van der Waals surface area contributed by atoms with Crippen molar-refractivity contribution in [2.75, 3.05) is 12.4 Å². The molecule has 18 heavy (non-hydrogen) atoms. The molecule has 0 spiro atoms. The van der Waals surface area contributed by atoms with Crippen molar-refractivity contribution in [2.24, 2.45) is 5.73 Å². The number of aliphatic hydroxyl groups excluding tert-OH is 1. The molecule has 0 saturated carbocycles. The standard InChI is InChI=1S/C14H20N2OS/c1-12(7-9-17)18-10-8-14(16,11-15)13-5-3-2-4-6-13/h2-6,12,17H,7-10,16H2,1H3. The molecule has 0 radical (unpaired) electrons. The van der Waals surface area contributed by atoms with Crippen LogP contribution in [0.2, 0.25) is 0 Å². The van der Waals surface area contributed by atoms with Crippen LogP contribution in [0.25, 0.3) is 0 Å². The third-order valence-electron chi connectivity index (χ3n) is 2.92. The Morgan fingerprint density at radius 2 is 2.11 bits per heavy atom. The molecule has 4 heteroatoms. The summed E-state index contributed by atoms with van der Waals surface area (Å²) in [4.78, 5) is 0. The number of nitriles is 1. The Morgan fingerprint density at radius 1 is 1.44 bits per heavy atom. The maximum absolute atomic E-state index is 9.28. The Bertz CT molecular complexity index is 391. The molecule has 0 aliphatic carbocycles. The predicted molar refractivity (Wildman–Crippen MR) is 76.2 cm³/mol. The first-order chi connectivity index (χ1) is 8.62. The SMILES string of the molecule is CC(CCO)SCCC(N)(C#N)c1ccccc1. The van der Waals surface area contributed by atoms with Crippen LogP contribution >= 0.6 is 11.8 Å². The number of nitrogens with zero attached hydrogens (tertiary/aromatic N) is 1. The molecule has 2 unspecified atom stereocenters. The van der Waals surface area contributed by atoms with Gasteiger partial charge in [-0.15, -0.1) is 0 Å². The molecule has 2 atom stereocenters. The van der Waals surface area contributed by atoms with Crippen LogP contribution in [0.3, 0.4) is 0 Å². The zero-order valence-corrected chi connectivity index (χ0v) is 11.5. The molecular weight excluding hydrogens is 244 g/mol. The van der Waals surface area contributed by atoms with Crippen LogP contribution in [0.15, 0.2) is 30.3 Å². The normalized spacial score (nSPS) is 15.7. The van der Waals surface area contributed by atoms with Crippen LogP contribution in [-0.2, 0) is 5.54 Å².